The molecule has 1 aromatic heterocycles. The van der Waals surface area contributed by atoms with Crippen molar-refractivity contribution in [3.63, 3.8) is 0 Å². The molecule has 0 spiro atoms. The maximum atomic E-state index is 12.5. The number of aliphatic hydroxyl groups is 1. The van der Waals surface area contributed by atoms with Gasteiger partial charge in [-0.2, -0.15) is 5.10 Å². The standard InChI is InChI=1S/C17H21ClN4O2/c18-15-6-2-1-5-14(15)11-22-16(7-8-19-22)20-17(24)21-9-3-4-13(10-21)12-23/h1-2,5-8,13,23H,3-4,9-12H2,(H,20,24)/t13-/m0/s1. The zero-order valence-corrected chi connectivity index (χ0v) is 14.1. The molecule has 1 aliphatic rings. The molecule has 3 rings (SSSR count). The summed E-state index contributed by atoms with van der Waals surface area (Å²) in [7, 11) is 0. The van der Waals surface area contributed by atoms with E-state index in [0.717, 1.165) is 18.4 Å². The Morgan fingerprint density at radius 3 is 3.00 bits per heavy atom. The van der Waals surface area contributed by atoms with Crippen LogP contribution in [0, 0.1) is 5.92 Å². The second-order valence-electron chi connectivity index (χ2n) is 6.03. The Hall–Kier alpha value is -2.05. The van der Waals surface area contributed by atoms with E-state index in [4.69, 9.17) is 11.6 Å². The number of nitrogens with zero attached hydrogens (tertiary/aromatic N) is 3. The van der Waals surface area contributed by atoms with Crippen molar-refractivity contribution < 1.29 is 9.90 Å². The maximum Gasteiger partial charge on any atom is 0.323 e. The molecular weight excluding hydrogens is 328 g/mol. The predicted molar refractivity (Wildman–Crippen MR) is 93.2 cm³/mol. The molecule has 2 aromatic rings. The number of amides is 2. The van der Waals surface area contributed by atoms with Crippen molar-refractivity contribution in [1.29, 1.82) is 0 Å². The second-order valence-corrected chi connectivity index (χ2v) is 6.44. The first-order chi connectivity index (χ1) is 11.7. The number of benzene rings is 1. The van der Waals surface area contributed by atoms with Crippen LogP contribution in [0.25, 0.3) is 0 Å². The number of urea groups is 1. The molecule has 0 unspecified atom stereocenters. The lowest BCUT2D eigenvalue weighted by atomic mass is 9.99. The monoisotopic (exact) mass is 348 g/mol. The molecular formula is C17H21ClN4O2. The van der Waals surface area contributed by atoms with E-state index >= 15 is 0 Å². The predicted octanol–water partition coefficient (Wildman–Crippen LogP) is 2.82. The van der Waals surface area contributed by atoms with E-state index in [-0.39, 0.29) is 18.6 Å². The van der Waals surface area contributed by atoms with Crippen molar-refractivity contribution in [2.24, 2.45) is 5.92 Å². The molecule has 1 saturated heterocycles. The fraction of sp³-hybridized carbons (Fsp3) is 0.412. The quantitative estimate of drug-likeness (QED) is 0.892. The highest BCUT2D eigenvalue weighted by atomic mass is 35.5. The first-order valence-corrected chi connectivity index (χ1v) is 8.47. The number of hydrogen-bond acceptors (Lipinski definition) is 3. The van der Waals surface area contributed by atoms with Crippen LogP contribution in [-0.4, -0.2) is 45.5 Å². The van der Waals surface area contributed by atoms with Gasteiger partial charge in [0.05, 0.1) is 12.7 Å². The molecule has 2 N–H and O–H groups in total. The van der Waals surface area contributed by atoms with Crippen molar-refractivity contribution >= 4 is 23.4 Å². The first-order valence-electron chi connectivity index (χ1n) is 8.09. The van der Waals surface area contributed by atoms with Crippen LogP contribution in [0.3, 0.4) is 0 Å². The van der Waals surface area contributed by atoms with Crippen molar-refractivity contribution in [3.8, 4) is 0 Å². The number of aliphatic hydroxyl groups excluding tert-OH is 1. The number of carbonyl (C=O) groups excluding carboxylic acids is 1. The second kappa shape index (κ2) is 7.68. The molecule has 24 heavy (non-hydrogen) atoms. The molecule has 128 valence electrons. The fourth-order valence-electron chi connectivity index (χ4n) is 2.94. The van der Waals surface area contributed by atoms with Gasteiger partial charge < -0.3 is 10.0 Å². The minimum Gasteiger partial charge on any atom is -0.396 e. The third-order valence-electron chi connectivity index (χ3n) is 4.29. The zero-order chi connectivity index (χ0) is 16.9. The molecule has 0 radical (unpaired) electrons. The summed E-state index contributed by atoms with van der Waals surface area (Å²) in [5, 5.41) is 17.1. The van der Waals surface area contributed by atoms with Gasteiger partial charge >= 0.3 is 6.03 Å². The van der Waals surface area contributed by atoms with Gasteiger partial charge in [-0.3, -0.25) is 5.32 Å². The first kappa shape index (κ1) is 16.8. The van der Waals surface area contributed by atoms with Crippen LogP contribution in [0.5, 0.6) is 0 Å². The van der Waals surface area contributed by atoms with E-state index in [1.807, 2.05) is 24.3 Å². The number of aromatic nitrogens is 2. The Morgan fingerprint density at radius 1 is 1.38 bits per heavy atom. The van der Waals surface area contributed by atoms with E-state index in [0.29, 0.717) is 30.5 Å². The van der Waals surface area contributed by atoms with Gasteiger partial charge in [0.15, 0.2) is 0 Å². The third kappa shape index (κ3) is 3.88. The number of nitrogens with one attached hydrogen (secondary N) is 1. The van der Waals surface area contributed by atoms with Crippen molar-refractivity contribution in [2.75, 3.05) is 25.0 Å². The number of hydrogen-bond donors (Lipinski definition) is 2. The van der Waals surface area contributed by atoms with E-state index in [1.165, 1.54) is 0 Å². The smallest absolute Gasteiger partial charge is 0.323 e. The van der Waals surface area contributed by atoms with Crippen LogP contribution in [-0.2, 0) is 6.54 Å². The highest BCUT2D eigenvalue weighted by molar-refractivity contribution is 6.31. The Morgan fingerprint density at radius 2 is 2.21 bits per heavy atom. The average Bonchev–Trinajstić information content (AvgIpc) is 3.04. The largest absolute Gasteiger partial charge is 0.396 e. The summed E-state index contributed by atoms with van der Waals surface area (Å²) >= 11 is 6.19. The van der Waals surface area contributed by atoms with Gasteiger partial charge in [-0.05, 0) is 30.4 Å². The summed E-state index contributed by atoms with van der Waals surface area (Å²) in [4.78, 5) is 14.2. The van der Waals surface area contributed by atoms with E-state index in [2.05, 4.69) is 10.4 Å². The van der Waals surface area contributed by atoms with Crippen molar-refractivity contribution in [2.45, 2.75) is 19.4 Å². The molecule has 7 heteroatoms. The Balaban J connectivity index is 1.67. The van der Waals surface area contributed by atoms with E-state index in [1.54, 1.807) is 21.8 Å². The lowest BCUT2D eigenvalue weighted by molar-refractivity contribution is 0.136. The summed E-state index contributed by atoms with van der Waals surface area (Å²) in [6, 6.07) is 9.18. The fourth-order valence-corrected chi connectivity index (χ4v) is 3.14. The van der Waals surface area contributed by atoms with Gasteiger partial charge in [0.2, 0.25) is 0 Å². The summed E-state index contributed by atoms with van der Waals surface area (Å²) in [5.74, 6) is 0.795. The summed E-state index contributed by atoms with van der Waals surface area (Å²) in [6.07, 6.45) is 3.53. The number of halogens is 1. The van der Waals surface area contributed by atoms with Gasteiger partial charge in [-0.25, -0.2) is 9.48 Å². The van der Waals surface area contributed by atoms with Crippen molar-refractivity contribution in [3.05, 3.63) is 47.1 Å². The molecule has 1 fully saturated rings. The van der Waals surface area contributed by atoms with Crippen LogP contribution >= 0.6 is 11.6 Å². The molecule has 2 heterocycles. The molecule has 1 aliphatic heterocycles. The van der Waals surface area contributed by atoms with Crippen LogP contribution < -0.4 is 5.32 Å². The average molecular weight is 349 g/mol. The van der Waals surface area contributed by atoms with Crippen LogP contribution in [0.4, 0.5) is 10.6 Å². The molecule has 0 saturated carbocycles. The molecule has 1 aromatic carbocycles. The SMILES string of the molecule is O=C(Nc1ccnn1Cc1ccccc1Cl)N1CCC[C@H](CO)C1. The summed E-state index contributed by atoms with van der Waals surface area (Å²) in [6.45, 7) is 1.90. The Kier molecular flexibility index (Phi) is 5.37. The Bertz CT molecular complexity index is 703. The zero-order valence-electron chi connectivity index (χ0n) is 13.4. The number of anilines is 1. The number of likely N-dealkylation sites (tertiary alicyclic amines) is 1. The number of rotatable bonds is 4. The molecule has 0 aliphatic carbocycles. The van der Waals surface area contributed by atoms with E-state index in [9.17, 15) is 9.90 Å². The minimum absolute atomic E-state index is 0.119. The molecule has 6 nitrogen and oxygen atoms in total. The van der Waals surface area contributed by atoms with Crippen molar-refractivity contribution in [1.82, 2.24) is 14.7 Å². The highest BCUT2D eigenvalue weighted by Crippen LogP contribution is 2.20. The Labute approximate surface area is 146 Å². The third-order valence-corrected chi connectivity index (χ3v) is 4.66. The topological polar surface area (TPSA) is 70.4 Å². The van der Waals surface area contributed by atoms with Gasteiger partial charge in [0.1, 0.15) is 5.82 Å². The lowest BCUT2D eigenvalue weighted by Crippen LogP contribution is -2.43. The lowest BCUT2D eigenvalue weighted by Gasteiger charge is -2.31. The van der Waals surface area contributed by atoms with E-state index < -0.39 is 0 Å². The molecule has 2 amide bonds. The molecule has 1 atom stereocenters. The summed E-state index contributed by atoms with van der Waals surface area (Å²) < 4.78 is 1.71. The van der Waals surface area contributed by atoms with Crippen LogP contribution in [0.2, 0.25) is 5.02 Å². The van der Waals surface area contributed by atoms with Crippen LogP contribution in [0.15, 0.2) is 36.5 Å². The van der Waals surface area contributed by atoms with Gasteiger partial charge in [-0.1, -0.05) is 29.8 Å². The number of carbonyl (C=O) groups is 1. The highest BCUT2D eigenvalue weighted by Gasteiger charge is 2.23. The number of piperidine rings is 1. The maximum absolute atomic E-state index is 12.5. The minimum atomic E-state index is -0.158. The van der Waals surface area contributed by atoms with Gasteiger partial charge in [-0.15, -0.1) is 0 Å². The van der Waals surface area contributed by atoms with Gasteiger partial charge in [0, 0.05) is 30.8 Å². The normalized spacial score (nSPS) is 17.8. The van der Waals surface area contributed by atoms with Crippen LogP contribution in [0.1, 0.15) is 18.4 Å². The van der Waals surface area contributed by atoms with Gasteiger partial charge in [0.25, 0.3) is 0 Å². The molecule has 0 bridgehead atoms. The summed E-state index contributed by atoms with van der Waals surface area (Å²) in [5.41, 5.74) is 0.941.